The number of hydrogen-bond acceptors (Lipinski definition) is 3. The molecule has 0 aliphatic rings. The maximum Gasteiger partial charge on any atom is 0.282 e. The molecule has 0 radical (unpaired) electrons. The second-order valence-electron chi connectivity index (χ2n) is 3.78. The summed E-state index contributed by atoms with van der Waals surface area (Å²) >= 11 is 3.22. The van der Waals surface area contributed by atoms with Crippen molar-refractivity contribution in [2.45, 2.75) is 6.54 Å². The second-order valence-corrected chi connectivity index (χ2v) is 4.57. The fourth-order valence-electron chi connectivity index (χ4n) is 1.43. The van der Waals surface area contributed by atoms with E-state index in [0.717, 1.165) is 5.56 Å². The number of nitrogens with zero attached hydrogens (tertiary/aromatic N) is 2. The van der Waals surface area contributed by atoms with Crippen LogP contribution >= 0.6 is 15.9 Å². The largest absolute Gasteiger partial charge is 0.379 e. The topological polar surface area (TPSA) is 46.9 Å². The zero-order valence-electron chi connectivity index (χ0n) is 9.65. The third-order valence-electron chi connectivity index (χ3n) is 2.47. The highest BCUT2D eigenvalue weighted by atomic mass is 79.9. The Kier molecular flexibility index (Phi) is 3.76. The van der Waals surface area contributed by atoms with Crippen molar-refractivity contribution < 1.29 is 4.39 Å². The van der Waals surface area contributed by atoms with Crippen LogP contribution in [0.3, 0.4) is 0 Å². The third kappa shape index (κ3) is 2.76. The summed E-state index contributed by atoms with van der Waals surface area (Å²) in [5.41, 5.74) is 1.32. The monoisotopic (exact) mass is 311 g/mol. The summed E-state index contributed by atoms with van der Waals surface area (Å²) in [6.07, 6.45) is 1.56. The van der Waals surface area contributed by atoms with Crippen LogP contribution < -0.4 is 10.9 Å². The molecular formula is C12H11BrFN3O. The molecule has 2 aromatic rings. The van der Waals surface area contributed by atoms with Crippen LogP contribution in [0.15, 0.2) is 39.7 Å². The Morgan fingerprint density at radius 3 is 2.72 bits per heavy atom. The lowest BCUT2D eigenvalue weighted by molar-refractivity contribution is 0.627. The number of benzene rings is 1. The molecule has 0 saturated heterocycles. The zero-order valence-corrected chi connectivity index (χ0v) is 11.2. The van der Waals surface area contributed by atoms with E-state index in [1.807, 2.05) is 0 Å². The molecule has 6 heteroatoms. The first-order chi connectivity index (χ1) is 8.58. The van der Waals surface area contributed by atoms with E-state index in [1.165, 1.54) is 16.8 Å². The van der Waals surface area contributed by atoms with Crippen molar-refractivity contribution in [3.63, 3.8) is 0 Å². The van der Waals surface area contributed by atoms with Gasteiger partial charge < -0.3 is 5.32 Å². The van der Waals surface area contributed by atoms with Crippen molar-refractivity contribution in [1.29, 1.82) is 0 Å². The summed E-state index contributed by atoms with van der Waals surface area (Å²) in [5, 5.41) is 6.99. The maximum absolute atomic E-state index is 12.7. The van der Waals surface area contributed by atoms with Crippen LogP contribution in [-0.4, -0.2) is 9.78 Å². The molecule has 94 valence electrons. The molecule has 0 aliphatic heterocycles. The van der Waals surface area contributed by atoms with Gasteiger partial charge >= 0.3 is 0 Å². The van der Waals surface area contributed by atoms with E-state index < -0.39 is 0 Å². The number of aryl methyl sites for hydroxylation is 1. The lowest BCUT2D eigenvalue weighted by Crippen LogP contribution is -2.21. The van der Waals surface area contributed by atoms with Gasteiger partial charge in [0.15, 0.2) is 0 Å². The average molecular weight is 312 g/mol. The predicted octanol–water partition coefficient (Wildman–Crippen LogP) is 2.29. The first-order valence-electron chi connectivity index (χ1n) is 5.28. The Morgan fingerprint density at radius 1 is 1.39 bits per heavy atom. The van der Waals surface area contributed by atoms with E-state index in [9.17, 15) is 9.18 Å². The van der Waals surface area contributed by atoms with Crippen LogP contribution in [0, 0.1) is 5.82 Å². The van der Waals surface area contributed by atoms with Crippen LogP contribution in [0.4, 0.5) is 10.1 Å². The fourth-order valence-corrected chi connectivity index (χ4v) is 1.93. The molecule has 1 aromatic heterocycles. The molecule has 0 atom stereocenters. The molecule has 0 bridgehead atoms. The van der Waals surface area contributed by atoms with Gasteiger partial charge in [0.2, 0.25) is 0 Å². The van der Waals surface area contributed by atoms with Crippen molar-refractivity contribution in [3.05, 3.63) is 56.7 Å². The van der Waals surface area contributed by atoms with Gasteiger partial charge in [-0.1, -0.05) is 12.1 Å². The van der Waals surface area contributed by atoms with E-state index in [2.05, 4.69) is 26.3 Å². The van der Waals surface area contributed by atoms with Gasteiger partial charge in [0.05, 0.1) is 11.9 Å². The Labute approximate surface area is 112 Å². The normalized spacial score (nSPS) is 10.4. The molecule has 0 spiro atoms. The lowest BCUT2D eigenvalue weighted by Gasteiger charge is -2.08. The molecule has 1 heterocycles. The summed E-state index contributed by atoms with van der Waals surface area (Å²) < 4.78 is 14.4. The number of nitrogens with one attached hydrogen (secondary N) is 1. The molecular weight excluding hydrogens is 301 g/mol. The molecule has 0 amide bonds. The first-order valence-corrected chi connectivity index (χ1v) is 6.07. The quantitative estimate of drug-likeness (QED) is 0.946. The van der Waals surface area contributed by atoms with Crippen LogP contribution in [0.1, 0.15) is 5.56 Å². The Bertz CT molecular complexity index is 610. The highest BCUT2D eigenvalue weighted by Crippen LogP contribution is 2.16. The number of halogens is 2. The minimum atomic E-state index is -0.268. The average Bonchev–Trinajstić information content (AvgIpc) is 2.37. The zero-order chi connectivity index (χ0) is 13.1. The highest BCUT2D eigenvalue weighted by molar-refractivity contribution is 9.10. The Balaban J connectivity index is 2.13. The van der Waals surface area contributed by atoms with Gasteiger partial charge in [-0.2, -0.15) is 5.10 Å². The minimum absolute atomic E-state index is 0.209. The number of aromatic nitrogens is 2. The van der Waals surface area contributed by atoms with Crippen molar-refractivity contribution in [2.24, 2.45) is 7.05 Å². The van der Waals surface area contributed by atoms with Crippen molar-refractivity contribution in [1.82, 2.24) is 9.78 Å². The fraction of sp³-hybridized carbons (Fsp3) is 0.167. The SMILES string of the molecule is Cn1ncc(NCc2ccc(F)cc2)c(Br)c1=O. The molecule has 1 N–H and O–H groups in total. The molecule has 0 saturated carbocycles. The van der Waals surface area contributed by atoms with Crippen molar-refractivity contribution >= 4 is 21.6 Å². The van der Waals surface area contributed by atoms with Gasteiger partial charge in [0.25, 0.3) is 5.56 Å². The predicted molar refractivity (Wildman–Crippen MR) is 70.9 cm³/mol. The summed E-state index contributed by atoms with van der Waals surface area (Å²) in [4.78, 5) is 11.6. The summed E-state index contributed by atoms with van der Waals surface area (Å²) in [5.74, 6) is -0.268. The van der Waals surface area contributed by atoms with Gasteiger partial charge in [-0.05, 0) is 33.6 Å². The highest BCUT2D eigenvalue weighted by Gasteiger charge is 2.06. The van der Waals surface area contributed by atoms with Crippen molar-refractivity contribution in [3.8, 4) is 0 Å². The molecule has 0 unspecified atom stereocenters. The summed E-state index contributed by atoms with van der Waals surface area (Å²) in [7, 11) is 1.58. The van der Waals surface area contributed by atoms with Crippen LogP contribution in [0.2, 0.25) is 0 Å². The second kappa shape index (κ2) is 5.30. The van der Waals surface area contributed by atoms with E-state index in [1.54, 1.807) is 25.4 Å². The summed E-state index contributed by atoms with van der Waals surface area (Å²) in [6, 6.07) is 6.16. The van der Waals surface area contributed by atoms with E-state index >= 15 is 0 Å². The van der Waals surface area contributed by atoms with Crippen LogP contribution in [0.25, 0.3) is 0 Å². The summed E-state index contributed by atoms with van der Waals surface area (Å²) in [6.45, 7) is 0.494. The smallest absolute Gasteiger partial charge is 0.282 e. The van der Waals surface area contributed by atoms with Gasteiger partial charge in [0.1, 0.15) is 10.3 Å². The van der Waals surface area contributed by atoms with Crippen LogP contribution in [-0.2, 0) is 13.6 Å². The third-order valence-corrected chi connectivity index (χ3v) is 3.24. The number of hydrogen-bond donors (Lipinski definition) is 1. The van der Waals surface area contributed by atoms with E-state index in [0.29, 0.717) is 16.7 Å². The van der Waals surface area contributed by atoms with Crippen molar-refractivity contribution in [2.75, 3.05) is 5.32 Å². The van der Waals surface area contributed by atoms with Gasteiger partial charge in [0, 0.05) is 13.6 Å². The molecule has 0 fully saturated rings. The van der Waals surface area contributed by atoms with Gasteiger partial charge in [-0.3, -0.25) is 4.79 Å². The van der Waals surface area contributed by atoms with Crippen LogP contribution in [0.5, 0.6) is 0 Å². The number of rotatable bonds is 3. The molecule has 18 heavy (non-hydrogen) atoms. The molecule has 0 aliphatic carbocycles. The molecule has 4 nitrogen and oxygen atoms in total. The number of anilines is 1. The van der Waals surface area contributed by atoms with E-state index in [-0.39, 0.29) is 11.4 Å². The Hall–Kier alpha value is -1.69. The lowest BCUT2D eigenvalue weighted by atomic mass is 10.2. The molecule has 2 rings (SSSR count). The first kappa shape index (κ1) is 12.8. The van der Waals surface area contributed by atoms with E-state index in [4.69, 9.17) is 0 Å². The van der Waals surface area contributed by atoms with Gasteiger partial charge in [-0.25, -0.2) is 9.07 Å². The van der Waals surface area contributed by atoms with Gasteiger partial charge in [-0.15, -0.1) is 0 Å². The maximum atomic E-state index is 12.7. The molecule has 1 aromatic carbocycles. The minimum Gasteiger partial charge on any atom is -0.379 e. The Morgan fingerprint density at radius 2 is 2.06 bits per heavy atom. The standard InChI is InChI=1S/C12H11BrFN3O/c1-17-12(18)11(13)10(7-16-17)15-6-8-2-4-9(14)5-3-8/h2-5,7,15H,6H2,1H3.